The first-order chi connectivity index (χ1) is 13.9. The molecule has 1 aromatic carbocycles. The second-order valence-corrected chi connectivity index (χ2v) is 7.18. The number of rotatable bonds is 4. The SMILES string of the molecule is Nc1nc(N)c2c(n1)OC1(CCN(C(=O)c3ccccc3OCC(=O)O)CC1)C2. The minimum Gasteiger partial charge on any atom is -0.481 e. The lowest BCUT2D eigenvalue weighted by atomic mass is 9.87. The maximum Gasteiger partial charge on any atom is 0.341 e. The Labute approximate surface area is 166 Å². The van der Waals surface area contributed by atoms with Crippen molar-refractivity contribution in [2.45, 2.75) is 24.9 Å². The highest BCUT2D eigenvalue weighted by Gasteiger charge is 2.45. The lowest BCUT2D eigenvalue weighted by Crippen LogP contribution is -2.49. The van der Waals surface area contributed by atoms with Gasteiger partial charge in [0.2, 0.25) is 11.8 Å². The summed E-state index contributed by atoms with van der Waals surface area (Å²) in [5.41, 5.74) is 12.2. The summed E-state index contributed by atoms with van der Waals surface area (Å²) in [7, 11) is 0. The van der Waals surface area contributed by atoms with Crippen LogP contribution < -0.4 is 20.9 Å². The number of carboxylic acid groups (broad SMARTS) is 1. The van der Waals surface area contributed by atoms with E-state index in [4.69, 9.17) is 26.0 Å². The van der Waals surface area contributed by atoms with Crippen LogP contribution in [0, 0.1) is 0 Å². The Kier molecular flexibility index (Phi) is 4.61. The Bertz CT molecular complexity index is 971. The van der Waals surface area contributed by atoms with Crippen molar-refractivity contribution in [1.82, 2.24) is 14.9 Å². The number of likely N-dealkylation sites (tertiary alicyclic amines) is 1. The molecule has 10 nitrogen and oxygen atoms in total. The number of aliphatic carboxylic acids is 1. The molecule has 10 heteroatoms. The molecule has 152 valence electrons. The number of fused-ring (bicyclic) bond motifs is 1. The number of benzene rings is 1. The van der Waals surface area contributed by atoms with Crippen LogP contribution in [0.25, 0.3) is 0 Å². The van der Waals surface area contributed by atoms with Gasteiger partial charge in [0.05, 0.1) is 11.1 Å². The van der Waals surface area contributed by atoms with Gasteiger partial charge in [-0.25, -0.2) is 4.79 Å². The van der Waals surface area contributed by atoms with E-state index >= 15 is 0 Å². The van der Waals surface area contributed by atoms with Crippen molar-refractivity contribution in [3.8, 4) is 11.6 Å². The van der Waals surface area contributed by atoms with Gasteiger partial charge >= 0.3 is 5.97 Å². The first-order valence-electron chi connectivity index (χ1n) is 9.21. The van der Waals surface area contributed by atoms with Crippen molar-refractivity contribution in [3.63, 3.8) is 0 Å². The molecule has 29 heavy (non-hydrogen) atoms. The molecule has 4 rings (SSSR count). The highest BCUT2D eigenvalue weighted by Crippen LogP contribution is 2.42. The van der Waals surface area contributed by atoms with Crippen molar-refractivity contribution in [3.05, 3.63) is 35.4 Å². The fourth-order valence-electron chi connectivity index (χ4n) is 3.79. The highest BCUT2D eigenvalue weighted by molar-refractivity contribution is 5.97. The van der Waals surface area contributed by atoms with Crippen LogP contribution in [0.5, 0.6) is 11.6 Å². The maximum absolute atomic E-state index is 13.0. The lowest BCUT2D eigenvalue weighted by Gasteiger charge is -2.38. The molecule has 0 bridgehead atoms. The van der Waals surface area contributed by atoms with E-state index in [1.54, 1.807) is 29.2 Å². The van der Waals surface area contributed by atoms with Gasteiger partial charge in [0.1, 0.15) is 17.2 Å². The van der Waals surface area contributed by atoms with E-state index in [0.29, 0.717) is 49.6 Å². The molecule has 0 unspecified atom stereocenters. The third-order valence-electron chi connectivity index (χ3n) is 5.26. The molecule has 2 aliphatic rings. The number of piperidine rings is 1. The highest BCUT2D eigenvalue weighted by atomic mass is 16.5. The molecule has 1 fully saturated rings. The van der Waals surface area contributed by atoms with E-state index in [-0.39, 0.29) is 17.6 Å². The predicted molar refractivity (Wildman–Crippen MR) is 103 cm³/mol. The number of carbonyl (C=O) groups excluding carboxylic acids is 1. The average Bonchev–Trinajstić information content (AvgIpc) is 3.04. The second-order valence-electron chi connectivity index (χ2n) is 7.18. The first-order valence-corrected chi connectivity index (χ1v) is 9.21. The molecule has 0 saturated carbocycles. The summed E-state index contributed by atoms with van der Waals surface area (Å²) < 4.78 is 11.3. The smallest absolute Gasteiger partial charge is 0.341 e. The average molecular weight is 399 g/mol. The van der Waals surface area contributed by atoms with E-state index in [0.717, 1.165) is 5.56 Å². The maximum atomic E-state index is 13.0. The molecule has 0 atom stereocenters. The third-order valence-corrected chi connectivity index (χ3v) is 5.26. The van der Waals surface area contributed by atoms with E-state index < -0.39 is 18.2 Å². The van der Waals surface area contributed by atoms with Crippen molar-refractivity contribution >= 4 is 23.6 Å². The number of nitrogens with zero attached hydrogens (tertiary/aromatic N) is 3. The number of anilines is 2. The number of ether oxygens (including phenoxy) is 2. The van der Waals surface area contributed by atoms with Crippen LogP contribution in [0.3, 0.4) is 0 Å². The fraction of sp³-hybridized carbons (Fsp3) is 0.368. The molecule has 2 aliphatic heterocycles. The largest absolute Gasteiger partial charge is 0.481 e. The lowest BCUT2D eigenvalue weighted by molar-refractivity contribution is -0.139. The summed E-state index contributed by atoms with van der Waals surface area (Å²) in [6.45, 7) is 0.441. The van der Waals surface area contributed by atoms with Gasteiger partial charge in [-0.2, -0.15) is 9.97 Å². The molecule has 1 aromatic heterocycles. The van der Waals surface area contributed by atoms with Crippen molar-refractivity contribution in [2.24, 2.45) is 0 Å². The van der Waals surface area contributed by atoms with E-state index in [1.165, 1.54) is 0 Å². The number of aromatic nitrogens is 2. The zero-order valence-electron chi connectivity index (χ0n) is 15.6. The van der Waals surface area contributed by atoms with Gasteiger partial charge in [0, 0.05) is 32.4 Å². The molecule has 5 N–H and O–H groups in total. The standard InChI is InChI=1S/C19H21N5O5/c20-15-12-9-19(29-16(12)23-18(21)22-15)5-7-24(8-6-19)17(27)11-3-1-2-4-13(11)28-10-14(25)26/h1-4H,5-10H2,(H,25,26)(H4,20,21,22,23). The zero-order valence-corrected chi connectivity index (χ0v) is 15.6. The van der Waals surface area contributed by atoms with Crippen LogP contribution in [0.4, 0.5) is 11.8 Å². The molecule has 1 amide bonds. The zero-order chi connectivity index (χ0) is 20.6. The number of hydrogen-bond donors (Lipinski definition) is 3. The van der Waals surface area contributed by atoms with Gasteiger partial charge in [-0.05, 0) is 12.1 Å². The summed E-state index contributed by atoms with van der Waals surface area (Å²) in [6.07, 6.45) is 1.79. The molecular weight excluding hydrogens is 378 g/mol. The molecule has 3 heterocycles. The van der Waals surface area contributed by atoms with Gasteiger partial charge in [-0.3, -0.25) is 4.79 Å². The quantitative estimate of drug-likeness (QED) is 0.674. The topological polar surface area (TPSA) is 154 Å². The van der Waals surface area contributed by atoms with Gasteiger partial charge in [0.15, 0.2) is 6.61 Å². The summed E-state index contributed by atoms with van der Waals surface area (Å²) in [4.78, 5) is 33.6. The predicted octanol–water partition coefficient (Wildman–Crippen LogP) is 0.714. The number of hydrogen-bond acceptors (Lipinski definition) is 8. The minimum atomic E-state index is -1.10. The number of carbonyl (C=O) groups is 2. The Morgan fingerprint density at radius 1 is 1.21 bits per heavy atom. The summed E-state index contributed by atoms with van der Waals surface area (Å²) in [5, 5.41) is 8.82. The normalized spacial score (nSPS) is 16.9. The molecule has 1 spiro atoms. The van der Waals surface area contributed by atoms with Crippen LogP contribution in [0.2, 0.25) is 0 Å². The molecule has 0 aliphatic carbocycles. The van der Waals surface area contributed by atoms with Gasteiger partial charge in [0.25, 0.3) is 5.91 Å². The molecule has 0 radical (unpaired) electrons. The Morgan fingerprint density at radius 2 is 1.93 bits per heavy atom. The Morgan fingerprint density at radius 3 is 2.66 bits per heavy atom. The number of amides is 1. The van der Waals surface area contributed by atoms with E-state index in [1.807, 2.05) is 0 Å². The summed E-state index contributed by atoms with van der Waals surface area (Å²) >= 11 is 0. The number of para-hydroxylation sites is 1. The van der Waals surface area contributed by atoms with Crippen LogP contribution in [-0.2, 0) is 11.2 Å². The number of nitrogen functional groups attached to an aromatic ring is 2. The first kappa shape index (κ1) is 18.8. The second kappa shape index (κ2) is 7.12. The van der Waals surface area contributed by atoms with Crippen molar-refractivity contribution < 1.29 is 24.2 Å². The minimum absolute atomic E-state index is 0.0730. The number of carboxylic acids is 1. The van der Waals surface area contributed by atoms with Gasteiger partial charge in [-0.15, -0.1) is 0 Å². The number of nitrogens with two attached hydrogens (primary N) is 2. The monoisotopic (exact) mass is 399 g/mol. The van der Waals surface area contributed by atoms with E-state index in [9.17, 15) is 9.59 Å². The molecule has 1 saturated heterocycles. The van der Waals surface area contributed by atoms with Crippen molar-refractivity contribution in [1.29, 1.82) is 0 Å². The van der Waals surface area contributed by atoms with Gasteiger partial charge < -0.3 is 30.9 Å². The van der Waals surface area contributed by atoms with Crippen LogP contribution in [-0.4, -0.2) is 57.1 Å². The Balaban J connectivity index is 1.45. The molecule has 2 aromatic rings. The molecular formula is C19H21N5O5. The summed E-state index contributed by atoms with van der Waals surface area (Å²) in [5.74, 6) is -0.241. The van der Waals surface area contributed by atoms with E-state index in [2.05, 4.69) is 9.97 Å². The fourth-order valence-corrected chi connectivity index (χ4v) is 3.79. The van der Waals surface area contributed by atoms with Crippen LogP contribution in [0.15, 0.2) is 24.3 Å². The van der Waals surface area contributed by atoms with Crippen LogP contribution >= 0.6 is 0 Å². The summed E-state index contributed by atoms with van der Waals surface area (Å²) in [6, 6.07) is 6.63. The van der Waals surface area contributed by atoms with Gasteiger partial charge in [-0.1, -0.05) is 12.1 Å². The Hall–Kier alpha value is -3.56. The van der Waals surface area contributed by atoms with Crippen LogP contribution in [0.1, 0.15) is 28.8 Å². The van der Waals surface area contributed by atoms with Crippen molar-refractivity contribution in [2.75, 3.05) is 31.2 Å². The third kappa shape index (κ3) is 3.60.